The highest BCUT2D eigenvalue weighted by atomic mass is 16.2. The maximum Gasteiger partial charge on any atom is 0.274 e. The Balaban J connectivity index is 1.84. The predicted octanol–water partition coefficient (Wildman–Crippen LogP) is 2.47. The maximum atomic E-state index is 12.6. The fraction of sp³-hybridized carbons (Fsp3) is 0.375. The van der Waals surface area contributed by atoms with Crippen LogP contribution in [0.15, 0.2) is 36.5 Å². The monoisotopic (exact) mass is 284 g/mol. The molecule has 110 valence electrons. The number of aromatic nitrogens is 2. The van der Waals surface area contributed by atoms with E-state index in [0.29, 0.717) is 17.4 Å². The predicted molar refractivity (Wildman–Crippen MR) is 82.3 cm³/mol. The Hall–Kier alpha value is -2.30. The van der Waals surface area contributed by atoms with Crippen LogP contribution in [0.3, 0.4) is 0 Å². The van der Waals surface area contributed by atoms with E-state index in [4.69, 9.17) is 5.73 Å². The number of rotatable bonds is 5. The molecule has 2 N–H and O–H groups in total. The zero-order valence-corrected chi connectivity index (χ0v) is 12.2. The number of benzene rings is 1. The van der Waals surface area contributed by atoms with Crippen molar-refractivity contribution >= 4 is 11.6 Å². The van der Waals surface area contributed by atoms with Crippen LogP contribution < -0.4 is 5.73 Å². The van der Waals surface area contributed by atoms with Crippen LogP contribution in [-0.2, 0) is 0 Å². The van der Waals surface area contributed by atoms with E-state index in [2.05, 4.69) is 12.0 Å². The van der Waals surface area contributed by atoms with Gasteiger partial charge < -0.3 is 10.6 Å². The smallest absolute Gasteiger partial charge is 0.274 e. The van der Waals surface area contributed by atoms with Gasteiger partial charge in [-0.2, -0.15) is 5.10 Å². The third kappa shape index (κ3) is 2.77. The first kappa shape index (κ1) is 13.7. The van der Waals surface area contributed by atoms with Crippen molar-refractivity contribution in [2.75, 3.05) is 12.3 Å². The summed E-state index contributed by atoms with van der Waals surface area (Å²) in [6, 6.07) is 9.67. The van der Waals surface area contributed by atoms with Crippen molar-refractivity contribution < 1.29 is 4.79 Å². The van der Waals surface area contributed by atoms with Crippen LogP contribution in [0.2, 0.25) is 0 Å². The fourth-order valence-electron chi connectivity index (χ4n) is 2.49. The minimum atomic E-state index is 0.0209. The highest BCUT2D eigenvalue weighted by molar-refractivity contribution is 5.92. The number of anilines is 1. The third-order valence-electron chi connectivity index (χ3n) is 3.70. The lowest BCUT2D eigenvalue weighted by Crippen LogP contribution is -2.34. The number of nitrogen functional groups attached to an aromatic ring is 1. The average molecular weight is 284 g/mol. The lowest BCUT2D eigenvalue weighted by molar-refractivity contribution is 0.0736. The molecule has 1 heterocycles. The van der Waals surface area contributed by atoms with Crippen LogP contribution in [0, 0.1) is 0 Å². The minimum Gasteiger partial charge on any atom is -0.397 e. The van der Waals surface area contributed by atoms with Crippen molar-refractivity contribution in [3.63, 3.8) is 0 Å². The molecular formula is C16H20N4O. The van der Waals surface area contributed by atoms with Crippen molar-refractivity contribution in [3.05, 3.63) is 42.2 Å². The largest absolute Gasteiger partial charge is 0.397 e. The first-order valence-corrected chi connectivity index (χ1v) is 7.42. The third-order valence-corrected chi connectivity index (χ3v) is 3.70. The molecule has 0 bridgehead atoms. The molecule has 2 aromatic rings. The molecule has 5 heteroatoms. The minimum absolute atomic E-state index is 0.0209. The summed E-state index contributed by atoms with van der Waals surface area (Å²) in [5.74, 6) is 0.0209. The van der Waals surface area contributed by atoms with Crippen molar-refractivity contribution in [1.82, 2.24) is 14.7 Å². The van der Waals surface area contributed by atoms with Gasteiger partial charge in [0.1, 0.15) is 0 Å². The molecule has 1 amide bonds. The lowest BCUT2D eigenvalue weighted by atomic mass is 10.3. The van der Waals surface area contributed by atoms with Crippen LogP contribution in [0.25, 0.3) is 5.69 Å². The topological polar surface area (TPSA) is 64.2 Å². The van der Waals surface area contributed by atoms with Crippen molar-refractivity contribution in [2.24, 2.45) is 0 Å². The number of hydrogen-bond acceptors (Lipinski definition) is 3. The Morgan fingerprint density at radius 2 is 2.14 bits per heavy atom. The molecule has 1 aromatic heterocycles. The molecule has 0 unspecified atom stereocenters. The summed E-state index contributed by atoms with van der Waals surface area (Å²) in [5, 5.41) is 4.40. The molecule has 1 saturated carbocycles. The van der Waals surface area contributed by atoms with Gasteiger partial charge in [-0.05, 0) is 37.5 Å². The molecule has 3 rings (SSSR count). The number of carbonyl (C=O) groups excluding carboxylic acids is 1. The molecule has 0 aliphatic heterocycles. The van der Waals surface area contributed by atoms with Crippen LogP contribution in [-0.4, -0.2) is 33.2 Å². The lowest BCUT2D eigenvalue weighted by Gasteiger charge is -2.20. The number of hydrogen-bond donors (Lipinski definition) is 1. The SMILES string of the molecule is CCCN(C(=O)c1ccn(-c2ccccc2N)n1)C1CC1. The Morgan fingerprint density at radius 1 is 1.38 bits per heavy atom. The molecule has 1 aliphatic rings. The molecule has 0 atom stereocenters. The Labute approximate surface area is 124 Å². The van der Waals surface area contributed by atoms with Crippen molar-refractivity contribution in [3.8, 4) is 5.69 Å². The van der Waals surface area contributed by atoms with Crippen LogP contribution in [0.4, 0.5) is 5.69 Å². The number of nitrogens with zero attached hydrogens (tertiary/aromatic N) is 3. The van der Waals surface area contributed by atoms with E-state index in [-0.39, 0.29) is 5.91 Å². The summed E-state index contributed by atoms with van der Waals surface area (Å²) in [6.45, 7) is 2.88. The Bertz CT molecular complexity index is 645. The summed E-state index contributed by atoms with van der Waals surface area (Å²) in [5.41, 5.74) is 7.87. The average Bonchev–Trinajstić information content (AvgIpc) is 3.21. The van der Waals surface area contributed by atoms with Crippen molar-refractivity contribution in [1.29, 1.82) is 0 Å². The zero-order valence-electron chi connectivity index (χ0n) is 12.2. The van der Waals surface area contributed by atoms with E-state index in [1.165, 1.54) is 0 Å². The number of para-hydroxylation sites is 2. The van der Waals surface area contributed by atoms with Gasteiger partial charge in [0.15, 0.2) is 5.69 Å². The Morgan fingerprint density at radius 3 is 2.81 bits per heavy atom. The van der Waals surface area contributed by atoms with Crippen molar-refractivity contribution in [2.45, 2.75) is 32.2 Å². The van der Waals surface area contributed by atoms with Crippen LogP contribution >= 0.6 is 0 Å². The quantitative estimate of drug-likeness (QED) is 0.858. The van der Waals surface area contributed by atoms with E-state index in [0.717, 1.165) is 31.5 Å². The van der Waals surface area contributed by atoms with E-state index in [1.807, 2.05) is 29.2 Å². The van der Waals surface area contributed by atoms with E-state index >= 15 is 0 Å². The first-order valence-electron chi connectivity index (χ1n) is 7.42. The van der Waals surface area contributed by atoms with Gasteiger partial charge in [0.2, 0.25) is 0 Å². The number of nitrogens with two attached hydrogens (primary N) is 1. The molecule has 0 radical (unpaired) electrons. The van der Waals surface area contributed by atoms with Gasteiger partial charge in [0.05, 0.1) is 11.4 Å². The highest BCUT2D eigenvalue weighted by Crippen LogP contribution is 2.28. The maximum absolute atomic E-state index is 12.6. The van der Waals surface area contributed by atoms with Gasteiger partial charge >= 0.3 is 0 Å². The fourth-order valence-corrected chi connectivity index (χ4v) is 2.49. The summed E-state index contributed by atoms with van der Waals surface area (Å²) >= 11 is 0. The number of amides is 1. The summed E-state index contributed by atoms with van der Waals surface area (Å²) < 4.78 is 1.67. The zero-order chi connectivity index (χ0) is 14.8. The van der Waals surface area contributed by atoms with Gasteiger partial charge in [0, 0.05) is 18.8 Å². The van der Waals surface area contributed by atoms with Gasteiger partial charge in [-0.25, -0.2) is 4.68 Å². The second-order valence-electron chi connectivity index (χ2n) is 5.43. The molecule has 21 heavy (non-hydrogen) atoms. The summed E-state index contributed by atoms with van der Waals surface area (Å²) in [7, 11) is 0. The molecule has 1 aromatic carbocycles. The standard InChI is InChI=1S/C16H20N4O/c1-2-10-19(12-7-8-12)16(21)14-9-11-20(18-14)15-6-4-3-5-13(15)17/h3-6,9,11-12H,2,7-8,10,17H2,1H3. The van der Waals surface area contributed by atoms with Gasteiger partial charge in [-0.3, -0.25) is 4.79 Å². The second kappa shape index (κ2) is 5.60. The molecule has 0 spiro atoms. The van der Waals surface area contributed by atoms with Gasteiger partial charge in [0.25, 0.3) is 5.91 Å². The summed E-state index contributed by atoms with van der Waals surface area (Å²) in [4.78, 5) is 14.5. The molecule has 1 fully saturated rings. The van der Waals surface area contributed by atoms with Gasteiger partial charge in [-0.1, -0.05) is 19.1 Å². The molecule has 0 saturated heterocycles. The van der Waals surface area contributed by atoms with Gasteiger partial charge in [-0.15, -0.1) is 0 Å². The second-order valence-corrected chi connectivity index (χ2v) is 5.43. The van der Waals surface area contributed by atoms with Crippen LogP contribution in [0.1, 0.15) is 36.7 Å². The van der Waals surface area contributed by atoms with E-state index < -0.39 is 0 Å². The molecular weight excluding hydrogens is 264 g/mol. The number of carbonyl (C=O) groups is 1. The molecule has 5 nitrogen and oxygen atoms in total. The first-order chi connectivity index (χ1) is 10.2. The summed E-state index contributed by atoms with van der Waals surface area (Å²) in [6.07, 6.45) is 4.97. The van der Waals surface area contributed by atoms with Crippen LogP contribution in [0.5, 0.6) is 0 Å². The normalized spacial score (nSPS) is 14.1. The molecule has 1 aliphatic carbocycles. The Kier molecular flexibility index (Phi) is 3.64. The highest BCUT2D eigenvalue weighted by Gasteiger charge is 2.33. The van der Waals surface area contributed by atoms with E-state index in [1.54, 1.807) is 16.9 Å². The van der Waals surface area contributed by atoms with E-state index in [9.17, 15) is 4.79 Å².